The predicted octanol–water partition coefficient (Wildman–Crippen LogP) is 8.47. The van der Waals surface area contributed by atoms with Crippen molar-refractivity contribution in [2.45, 2.75) is 170 Å². The summed E-state index contributed by atoms with van der Waals surface area (Å²) in [6.07, 6.45) is 35.9. The molecule has 41 heavy (non-hydrogen) atoms. The average Bonchev–Trinajstić information content (AvgIpc) is 2.96. The molecule has 0 radical (unpaired) electrons. The molecule has 0 aromatic heterocycles. The molecule has 1 unspecified atom stereocenters. The van der Waals surface area contributed by atoms with E-state index in [4.69, 9.17) is 0 Å². The van der Waals surface area contributed by atoms with Crippen LogP contribution in [0.4, 0.5) is 0 Å². The minimum Gasteiger partial charge on any atom is -1.00 e. The van der Waals surface area contributed by atoms with E-state index < -0.39 is 25.7 Å². The Morgan fingerprint density at radius 2 is 0.610 bits per heavy atom. The monoisotopic (exact) mass is 702 g/mol. The zero-order valence-electron chi connectivity index (χ0n) is 29.6. The molecule has 0 heterocycles. The molecule has 2 nitrogen and oxygen atoms in total. The van der Waals surface area contributed by atoms with Crippen LogP contribution < -0.4 is 22.1 Å². The van der Waals surface area contributed by atoms with E-state index in [0.717, 1.165) is 0 Å². The molecule has 0 saturated carbocycles. The first-order chi connectivity index (χ1) is 19.1. The highest BCUT2D eigenvalue weighted by molar-refractivity contribution is 7.81. The summed E-state index contributed by atoms with van der Waals surface area (Å²) in [6.45, 7) is 20.3. The molecule has 6 heteroatoms. The maximum atomic E-state index is 9.51. The van der Waals surface area contributed by atoms with Gasteiger partial charge in [0, 0.05) is 19.8 Å². The lowest BCUT2D eigenvalue weighted by atomic mass is 10.4. The number of carboxylic acid groups (broad SMARTS) is 1. The van der Waals surface area contributed by atoms with E-state index in [1.165, 1.54) is 110 Å². The standard InChI is InChI=1S/2C16H36P.C3H6O2S.BrH/c2*1-5-9-13-17(14-10-6-2,15-11-7-3)16-12-8-4;1-2(6)3(4)5;/h2*5-16H2,1-4H3;2,6H,1H3,(H,4,5);1H/q2*+1;;/p-2. The molecule has 1 atom stereocenters. The van der Waals surface area contributed by atoms with Crippen LogP contribution in [0.1, 0.15) is 165 Å². The number of halogens is 1. The summed E-state index contributed by atoms with van der Waals surface area (Å²) in [5.41, 5.74) is 0. The maximum Gasteiger partial charge on any atom is 0.0594 e. The van der Waals surface area contributed by atoms with Gasteiger partial charge < -0.3 is 26.9 Å². The Kier molecular flexibility index (Phi) is 42.6. The first kappa shape index (κ1) is 49.0. The van der Waals surface area contributed by atoms with Gasteiger partial charge in [-0.25, -0.2) is 0 Å². The molecule has 0 rings (SSSR count). The molecule has 0 fully saturated rings. The van der Waals surface area contributed by atoms with Crippen molar-refractivity contribution in [3.8, 4) is 0 Å². The van der Waals surface area contributed by atoms with E-state index in [1.807, 2.05) is 0 Å². The second kappa shape index (κ2) is 35.6. The summed E-state index contributed by atoms with van der Waals surface area (Å²) < 4.78 is 0. The van der Waals surface area contributed by atoms with Crippen LogP contribution >= 0.6 is 27.2 Å². The van der Waals surface area contributed by atoms with Crippen LogP contribution in [0.25, 0.3) is 0 Å². The van der Waals surface area contributed by atoms with Crippen molar-refractivity contribution in [3.05, 3.63) is 0 Å². The van der Waals surface area contributed by atoms with Gasteiger partial charge in [-0.05, 0) is 58.3 Å². The molecule has 0 bridgehead atoms. The Hall–Kier alpha value is 1.16. The highest BCUT2D eigenvalue weighted by Gasteiger charge is 2.35. The zero-order valence-corrected chi connectivity index (χ0v) is 33.9. The molecule has 0 aliphatic rings. The molecule has 0 saturated heterocycles. The molecule has 0 spiro atoms. The van der Waals surface area contributed by atoms with Crippen molar-refractivity contribution < 1.29 is 26.9 Å². The third-order valence-electron chi connectivity index (χ3n) is 8.23. The Morgan fingerprint density at radius 3 is 0.683 bits per heavy atom. The Balaban J connectivity index is -0.000000273. The number of hydrogen-bond acceptors (Lipinski definition) is 3. The number of aliphatic carboxylic acids is 1. The van der Waals surface area contributed by atoms with Gasteiger partial charge in [0.25, 0.3) is 0 Å². The highest BCUT2D eigenvalue weighted by Crippen LogP contribution is 2.62. The Bertz CT molecular complexity index is 409. The minimum atomic E-state index is -1.13. The zero-order chi connectivity index (χ0) is 31.1. The van der Waals surface area contributed by atoms with Crippen LogP contribution in [0.5, 0.6) is 0 Å². The van der Waals surface area contributed by atoms with Gasteiger partial charge in [0.2, 0.25) is 0 Å². The van der Waals surface area contributed by atoms with Crippen molar-refractivity contribution in [2.75, 3.05) is 49.3 Å². The first-order valence-corrected chi connectivity index (χ1v) is 23.3. The largest absolute Gasteiger partial charge is 1.00 e. The van der Waals surface area contributed by atoms with Crippen LogP contribution in [0, 0.1) is 0 Å². The van der Waals surface area contributed by atoms with E-state index in [1.54, 1.807) is 49.3 Å². The fourth-order valence-corrected chi connectivity index (χ4v) is 15.9. The lowest BCUT2D eigenvalue weighted by Gasteiger charge is -2.28. The van der Waals surface area contributed by atoms with Crippen LogP contribution in [-0.2, 0) is 4.79 Å². The molecule has 252 valence electrons. The van der Waals surface area contributed by atoms with Gasteiger partial charge in [-0.15, -0.1) is 0 Å². The van der Waals surface area contributed by atoms with Gasteiger partial charge in [-0.2, -0.15) is 12.6 Å². The maximum absolute atomic E-state index is 9.51. The van der Waals surface area contributed by atoms with E-state index in [-0.39, 0.29) is 17.0 Å². The fraction of sp³-hybridized carbons (Fsp3) is 0.971. The summed E-state index contributed by atoms with van der Waals surface area (Å²) >= 11 is 3.53. The topological polar surface area (TPSA) is 40.1 Å². The predicted molar refractivity (Wildman–Crippen MR) is 195 cm³/mol. The van der Waals surface area contributed by atoms with Crippen LogP contribution in [0.2, 0.25) is 0 Å². The summed E-state index contributed by atoms with van der Waals surface area (Å²) in [5, 5.41) is 8.86. The molecule has 0 aromatic rings. The third-order valence-corrected chi connectivity index (χ3v) is 18.6. The van der Waals surface area contributed by atoms with E-state index in [9.17, 15) is 9.90 Å². The quantitative estimate of drug-likeness (QED) is 0.0766. The SMILES string of the molecule is CC(S)C(=O)[O-].CCCC[P+](CCCC)(CCCC)CCCC.CCCC[P+](CCCC)(CCCC)CCCC.[Br-]. The number of hydrogen-bond donors (Lipinski definition) is 1. The summed E-state index contributed by atoms with van der Waals surface area (Å²) in [4.78, 5) is 9.51. The van der Waals surface area contributed by atoms with Crippen molar-refractivity contribution in [2.24, 2.45) is 0 Å². The van der Waals surface area contributed by atoms with Gasteiger partial charge in [-0.3, -0.25) is 0 Å². The minimum absolute atomic E-state index is 0. The van der Waals surface area contributed by atoms with Gasteiger partial charge in [0.15, 0.2) is 0 Å². The van der Waals surface area contributed by atoms with Crippen molar-refractivity contribution in [1.29, 1.82) is 0 Å². The summed E-state index contributed by atoms with van der Waals surface area (Å²) in [5.74, 6) is -1.13. The third kappa shape index (κ3) is 30.9. The van der Waals surface area contributed by atoms with E-state index in [0.29, 0.717) is 0 Å². The second-order valence-corrected chi connectivity index (χ2v) is 22.0. The summed E-state index contributed by atoms with van der Waals surface area (Å²) in [7, 11) is -1.12. The number of carbonyl (C=O) groups excluding carboxylic acids is 1. The van der Waals surface area contributed by atoms with Crippen molar-refractivity contribution >= 4 is 33.1 Å². The molecule has 0 amide bonds. The number of carbonyl (C=O) groups is 1. The van der Waals surface area contributed by atoms with E-state index in [2.05, 4.69) is 68.0 Å². The normalized spacial score (nSPS) is 12.0. The summed E-state index contributed by atoms with van der Waals surface area (Å²) in [6, 6.07) is 0. The van der Waals surface area contributed by atoms with Gasteiger partial charge in [-0.1, -0.05) is 107 Å². The molecule has 0 aliphatic carbocycles. The van der Waals surface area contributed by atoms with Crippen LogP contribution in [0.3, 0.4) is 0 Å². The van der Waals surface area contributed by atoms with E-state index >= 15 is 0 Å². The molecular formula is C35H77BrO2P2S. The second-order valence-electron chi connectivity index (χ2n) is 12.3. The smallest absolute Gasteiger partial charge is 0.0594 e. The van der Waals surface area contributed by atoms with Crippen molar-refractivity contribution in [1.82, 2.24) is 0 Å². The van der Waals surface area contributed by atoms with Gasteiger partial charge in [0.1, 0.15) is 0 Å². The highest BCUT2D eigenvalue weighted by atomic mass is 79.9. The van der Waals surface area contributed by atoms with Gasteiger partial charge in [0.05, 0.1) is 55.3 Å². The lowest BCUT2D eigenvalue weighted by Crippen LogP contribution is -3.00. The Labute approximate surface area is 278 Å². The molecule has 0 aromatic carbocycles. The molecule has 0 N–H and O–H groups in total. The number of thiol groups is 1. The van der Waals surface area contributed by atoms with Gasteiger partial charge >= 0.3 is 0 Å². The lowest BCUT2D eigenvalue weighted by molar-refractivity contribution is -0.304. The number of unbranched alkanes of at least 4 members (excludes halogenated alkanes) is 8. The molecular weight excluding hydrogens is 626 g/mol. The van der Waals surface area contributed by atoms with Crippen LogP contribution in [-0.4, -0.2) is 60.5 Å². The average molecular weight is 704 g/mol. The molecule has 0 aliphatic heterocycles. The first-order valence-electron chi connectivity index (χ1n) is 17.7. The fourth-order valence-electron chi connectivity index (χ4n) is 5.29. The number of rotatable bonds is 25. The van der Waals surface area contributed by atoms with Crippen molar-refractivity contribution in [3.63, 3.8) is 0 Å². The Morgan fingerprint density at radius 1 is 0.488 bits per heavy atom. The number of carboxylic acids is 1. The van der Waals surface area contributed by atoms with Crippen LogP contribution in [0.15, 0.2) is 0 Å².